The van der Waals surface area contributed by atoms with Crippen molar-refractivity contribution in [2.75, 3.05) is 7.05 Å². The van der Waals surface area contributed by atoms with Gasteiger partial charge in [-0.2, -0.15) is 0 Å². The predicted octanol–water partition coefficient (Wildman–Crippen LogP) is 5.39. The predicted molar refractivity (Wildman–Crippen MR) is 89.0 cm³/mol. The molecule has 1 atom stereocenters. The number of halogens is 1. The third-order valence-electron chi connectivity index (χ3n) is 3.44. The lowest BCUT2D eigenvalue weighted by Gasteiger charge is -2.13. The van der Waals surface area contributed by atoms with Crippen LogP contribution in [0.2, 0.25) is 5.02 Å². The van der Waals surface area contributed by atoms with E-state index in [1.54, 1.807) is 11.8 Å². The molecule has 1 N–H and O–H groups in total. The second kappa shape index (κ2) is 6.66. The molecule has 0 fully saturated rings. The summed E-state index contributed by atoms with van der Waals surface area (Å²) in [7, 11) is 1.96. The zero-order valence-corrected chi connectivity index (χ0v) is 13.9. The quantitative estimate of drug-likeness (QED) is 0.813. The average molecular weight is 306 g/mol. The van der Waals surface area contributed by atoms with Gasteiger partial charge < -0.3 is 5.32 Å². The summed E-state index contributed by atoms with van der Waals surface area (Å²) in [5, 5.41) is 4.04. The minimum Gasteiger partial charge on any atom is -0.313 e. The summed E-state index contributed by atoms with van der Waals surface area (Å²) in [6.07, 6.45) is 0. The molecule has 2 rings (SSSR count). The Bertz CT molecular complexity index is 610. The van der Waals surface area contributed by atoms with Gasteiger partial charge in [0.2, 0.25) is 0 Å². The van der Waals surface area contributed by atoms with E-state index in [-0.39, 0.29) is 0 Å². The van der Waals surface area contributed by atoms with E-state index in [2.05, 4.69) is 62.5 Å². The molecule has 0 aliphatic carbocycles. The Hall–Kier alpha value is -0.960. The zero-order valence-electron chi connectivity index (χ0n) is 12.3. The van der Waals surface area contributed by atoms with Crippen LogP contribution in [0.15, 0.2) is 46.2 Å². The normalized spacial score (nSPS) is 12.4. The topological polar surface area (TPSA) is 12.0 Å². The first-order valence-corrected chi connectivity index (χ1v) is 7.92. The van der Waals surface area contributed by atoms with E-state index in [0.717, 1.165) is 9.92 Å². The highest BCUT2D eigenvalue weighted by atomic mass is 35.5. The number of benzene rings is 2. The van der Waals surface area contributed by atoms with Gasteiger partial charge in [-0.05, 0) is 57.1 Å². The molecule has 0 bridgehead atoms. The minimum atomic E-state index is 0.313. The summed E-state index contributed by atoms with van der Waals surface area (Å²) in [6, 6.07) is 13.1. The fourth-order valence-electron chi connectivity index (χ4n) is 2.07. The van der Waals surface area contributed by atoms with Crippen LogP contribution in [-0.4, -0.2) is 7.05 Å². The van der Waals surface area contributed by atoms with Crippen molar-refractivity contribution < 1.29 is 0 Å². The number of hydrogen-bond acceptors (Lipinski definition) is 2. The molecular formula is C17H20ClNS. The Morgan fingerprint density at radius 3 is 2.35 bits per heavy atom. The van der Waals surface area contributed by atoms with E-state index < -0.39 is 0 Å². The first-order valence-electron chi connectivity index (χ1n) is 6.73. The molecule has 3 heteroatoms. The molecule has 2 aromatic carbocycles. The Morgan fingerprint density at radius 1 is 1.05 bits per heavy atom. The van der Waals surface area contributed by atoms with Crippen LogP contribution in [0.3, 0.4) is 0 Å². The summed E-state index contributed by atoms with van der Waals surface area (Å²) in [5.74, 6) is 0. The van der Waals surface area contributed by atoms with Crippen molar-refractivity contribution >= 4 is 23.4 Å². The van der Waals surface area contributed by atoms with E-state index in [9.17, 15) is 0 Å². The SMILES string of the molecule is CNC(C)c1ccc(Sc2ccc(C)cc2C)c(Cl)c1. The molecular weight excluding hydrogens is 286 g/mol. The van der Waals surface area contributed by atoms with Gasteiger partial charge in [-0.15, -0.1) is 0 Å². The van der Waals surface area contributed by atoms with Crippen LogP contribution in [0.1, 0.15) is 29.7 Å². The van der Waals surface area contributed by atoms with Crippen molar-refractivity contribution in [1.29, 1.82) is 0 Å². The Morgan fingerprint density at radius 2 is 1.75 bits per heavy atom. The third kappa shape index (κ3) is 3.57. The lowest BCUT2D eigenvalue weighted by Crippen LogP contribution is -2.12. The molecule has 106 valence electrons. The maximum atomic E-state index is 6.42. The number of hydrogen-bond donors (Lipinski definition) is 1. The molecule has 2 aromatic rings. The van der Waals surface area contributed by atoms with Gasteiger partial charge in [-0.25, -0.2) is 0 Å². The van der Waals surface area contributed by atoms with Crippen LogP contribution in [0.4, 0.5) is 0 Å². The first-order chi connectivity index (χ1) is 9.51. The Labute approximate surface area is 130 Å². The molecule has 1 nitrogen and oxygen atoms in total. The van der Waals surface area contributed by atoms with E-state index in [1.807, 2.05) is 7.05 Å². The molecule has 1 unspecified atom stereocenters. The van der Waals surface area contributed by atoms with E-state index in [4.69, 9.17) is 11.6 Å². The first kappa shape index (κ1) is 15.4. The Balaban J connectivity index is 2.25. The molecule has 0 amide bonds. The maximum Gasteiger partial charge on any atom is 0.0548 e. The van der Waals surface area contributed by atoms with Crippen LogP contribution in [0, 0.1) is 13.8 Å². The molecule has 0 spiro atoms. The van der Waals surface area contributed by atoms with E-state index >= 15 is 0 Å². The van der Waals surface area contributed by atoms with Gasteiger partial charge in [0.15, 0.2) is 0 Å². The van der Waals surface area contributed by atoms with Gasteiger partial charge in [-0.1, -0.05) is 47.1 Å². The van der Waals surface area contributed by atoms with Crippen molar-refractivity contribution in [3.05, 3.63) is 58.1 Å². The second-order valence-electron chi connectivity index (χ2n) is 5.07. The van der Waals surface area contributed by atoms with E-state index in [0.29, 0.717) is 6.04 Å². The number of nitrogens with one attached hydrogen (secondary N) is 1. The van der Waals surface area contributed by atoms with E-state index in [1.165, 1.54) is 21.6 Å². The Kier molecular flexibility index (Phi) is 5.14. The molecule has 20 heavy (non-hydrogen) atoms. The lowest BCUT2D eigenvalue weighted by atomic mass is 10.1. The molecule has 0 heterocycles. The van der Waals surface area contributed by atoms with Crippen molar-refractivity contribution in [1.82, 2.24) is 5.32 Å². The summed E-state index contributed by atoms with van der Waals surface area (Å²) >= 11 is 8.14. The fourth-order valence-corrected chi connectivity index (χ4v) is 3.26. The summed E-state index contributed by atoms with van der Waals surface area (Å²) in [6.45, 7) is 6.38. The van der Waals surface area contributed by atoms with Gasteiger partial charge in [0.25, 0.3) is 0 Å². The molecule has 0 aliphatic rings. The molecule has 0 radical (unpaired) electrons. The van der Waals surface area contributed by atoms with Gasteiger partial charge >= 0.3 is 0 Å². The smallest absolute Gasteiger partial charge is 0.0548 e. The average Bonchev–Trinajstić information content (AvgIpc) is 2.42. The van der Waals surface area contributed by atoms with Crippen molar-refractivity contribution in [3.8, 4) is 0 Å². The van der Waals surface area contributed by atoms with Crippen molar-refractivity contribution in [2.24, 2.45) is 0 Å². The van der Waals surface area contributed by atoms with Crippen LogP contribution < -0.4 is 5.32 Å². The second-order valence-corrected chi connectivity index (χ2v) is 6.56. The molecule has 0 aliphatic heterocycles. The van der Waals surface area contributed by atoms with Crippen molar-refractivity contribution in [3.63, 3.8) is 0 Å². The van der Waals surface area contributed by atoms with Crippen LogP contribution in [0.5, 0.6) is 0 Å². The van der Waals surface area contributed by atoms with Crippen LogP contribution in [0.25, 0.3) is 0 Å². The fraction of sp³-hybridized carbons (Fsp3) is 0.294. The van der Waals surface area contributed by atoms with Crippen LogP contribution in [-0.2, 0) is 0 Å². The number of aryl methyl sites for hydroxylation is 2. The summed E-state index contributed by atoms with van der Waals surface area (Å²) in [4.78, 5) is 2.36. The monoisotopic (exact) mass is 305 g/mol. The van der Waals surface area contributed by atoms with Crippen LogP contribution >= 0.6 is 23.4 Å². The van der Waals surface area contributed by atoms with Gasteiger partial charge in [-0.3, -0.25) is 0 Å². The lowest BCUT2D eigenvalue weighted by molar-refractivity contribution is 0.652. The van der Waals surface area contributed by atoms with Crippen molar-refractivity contribution in [2.45, 2.75) is 36.6 Å². The summed E-state index contributed by atoms with van der Waals surface area (Å²) < 4.78 is 0. The highest BCUT2D eigenvalue weighted by Gasteiger charge is 2.09. The molecule has 0 saturated carbocycles. The standard InChI is InChI=1S/C17H20ClNS/c1-11-5-7-16(12(2)9-11)20-17-8-6-14(10-15(17)18)13(3)19-4/h5-10,13,19H,1-4H3. The third-order valence-corrected chi connectivity index (χ3v) is 5.12. The molecule has 0 saturated heterocycles. The summed E-state index contributed by atoms with van der Waals surface area (Å²) in [5.41, 5.74) is 3.79. The highest BCUT2D eigenvalue weighted by Crippen LogP contribution is 2.36. The van der Waals surface area contributed by atoms with Gasteiger partial charge in [0.1, 0.15) is 0 Å². The van der Waals surface area contributed by atoms with Gasteiger partial charge in [0, 0.05) is 15.8 Å². The largest absolute Gasteiger partial charge is 0.313 e. The highest BCUT2D eigenvalue weighted by molar-refractivity contribution is 7.99. The number of rotatable bonds is 4. The minimum absolute atomic E-state index is 0.313. The maximum absolute atomic E-state index is 6.42. The zero-order chi connectivity index (χ0) is 14.7. The molecule has 0 aromatic heterocycles. The van der Waals surface area contributed by atoms with Gasteiger partial charge in [0.05, 0.1) is 5.02 Å².